The first kappa shape index (κ1) is 15.1. The Morgan fingerprint density at radius 2 is 2.30 bits per heavy atom. The molecule has 7 heteroatoms. The molecular formula is C16H17N3O4. The lowest BCUT2D eigenvalue weighted by atomic mass is 10.1. The van der Waals surface area contributed by atoms with Crippen LogP contribution in [0.4, 0.5) is 5.69 Å². The number of aromatic amines is 1. The van der Waals surface area contributed by atoms with E-state index in [4.69, 9.17) is 9.47 Å². The zero-order chi connectivity index (χ0) is 16.4. The number of H-pyrrole nitrogens is 1. The molecule has 0 unspecified atom stereocenters. The Balaban J connectivity index is 1.89. The number of hydrogen-bond donors (Lipinski definition) is 2. The number of nitrogens with one attached hydrogen (secondary N) is 2. The molecule has 0 saturated carbocycles. The largest absolute Gasteiger partial charge is 0.492 e. The van der Waals surface area contributed by atoms with Crippen LogP contribution in [0.15, 0.2) is 29.1 Å². The maximum Gasteiger partial charge on any atom is 0.276 e. The number of nitrogens with zero attached hydrogens (tertiary/aromatic N) is 1. The zero-order valence-electron chi connectivity index (χ0n) is 12.9. The number of carbonyl (C=O) groups is 1. The second-order valence-electron chi connectivity index (χ2n) is 5.28. The molecule has 0 fully saturated rings. The van der Waals surface area contributed by atoms with Crippen molar-refractivity contribution in [2.75, 3.05) is 11.9 Å². The average molecular weight is 315 g/mol. The van der Waals surface area contributed by atoms with Crippen LogP contribution in [0, 0.1) is 0 Å². The number of anilines is 1. The highest BCUT2D eigenvalue weighted by atomic mass is 16.5. The summed E-state index contributed by atoms with van der Waals surface area (Å²) >= 11 is 0. The van der Waals surface area contributed by atoms with Crippen LogP contribution in [0.5, 0.6) is 11.5 Å². The highest BCUT2D eigenvalue weighted by molar-refractivity contribution is 6.03. The fourth-order valence-electron chi connectivity index (χ4n) is 2.47. The minimum atomic E-state index is -0.437. The third-order valence-electron chi connectivity index (χ3n) is 3.46. The summed E-state index contributed by atoms with van der Waals surface area (Å²) in [6.07, 6.45) is 0.914. The maximum atomic E-state index is 12.3. The number of hydrogen-bond acceptors (Lipinski definition) is 5. The van der Waals surface area contributed by atoms with Crippen LogP contribution in [0.2, 0.25) is 0 Å². The second-order valence-corrected chi connectivity index (χ2v) is 5.28. The third-order valence-corrected chi connectivity index (χ3v) is 3.46. The molecule has 2 aromatic rings. The van der Waals surface area contributed by atoms with Crippen LogP contribution in [0.3, 0.4) is 0 Å². The molecule has 0 bridgehead atoms. The van der Waals surface area contributed by atoms with Crippen LogP contribution >= 0.6 is 0 Å². The summed E-state index contributed by atoms with van der Waals surface area (Å²) in [6, 6.07) is 6.25. The molecule has 0 saturated heterocycles. The number of aromatic nitrogens is 2. The molecule has 0 radical (unpaired) electrons. The predicted molar refractivity (Wildman–Crippen MR) is 84.2 cm³/mol. The monoisotopic (exact) mass is 315 g/mol. The molecular weight excluding hydrogens is 298 g/mol. The molecule has 2 heterocycles. The van der Waals surface area contributed by atoms with E-state index >= 15 is 0 Å². The number of fused-ring (bicyclic) bond motifs is 1. The lowest BCUT2D eigenvalue weighted by Gasteiger charge is -2.13. The van der Waals surface area contributed by atoms with E-state index in [1.807, 2.05) is 19.9 Å². The Morgan fingerprint density at radius 3 is 3.00 bits per heavy atom. The smallest absolute Gasteiger partial charge is 0.276 e. The minimum Gasteiger partial charge on any atom is -0.492 e. The van der Waals surface area contributed by atoms with Gasteiger partial charge < -0.3 is 14.8 Å². The van der Waals surface area contributed by atoms with E-state index < -0.39 is 5.91 Å². The zero-order valence-corrected chi connectivity index (χ0v) is 12.9. The first-order chi connectivity index (χ1) is 11.1. The summed E-state index contributed by atoms with van der Waals surface area (Å²) in [6.45, 7) is 4.35. The number of amides is 1. The molecule has 0 spiro atoms. The first-order valence-electron chi connectivity index (χ1n) is 7.40. The van der Waals surface area contributed by atoms with E-state index in [-0.39, 0.29) is 17.4 Å². The van der Waals surface area contributed by atoms with Crippen molar-refractivity contribution in [2.45, 2.75) is 26.4 Å². The van der Waals surface area contributed by atoms with Gasteiger partial charge in [0.2, 0.25) is 0 Å². The number of benzene rings is 1. The molecule has 1 aromatic carbocycles. The van der Waals surface area contributed by atoms with Crippen molar-refractivity contribution in [2.24, 2.45) is 0 Å². The SMILES string of the molecule is CCOc1cc2c(cc1NC(=O)c1ccc(=O)[nH]n1)O[C@H](C)C2. The quantitative estimate of drug-likeness (QED) is 0.896. The molecule has 1 aromatic heterocycles. The molecule has 3 rings (SSSR count). The van der Waals surface area contributed by atoms with Gasteiger partial charge >= 0.3 is 0 Å². The van der Waals surface area contributed by atoms with Gasteiger partial charge in [0, 0.05) is 24.1 Å². The van der Waals surface area contributed by atoms with Crippen molar-refractivity contribution in [3.63, 3.8) is 0 Å². The van der Waals surface area contributed by atoms with Gasteiger partial charge in [0.15, 0.2) is 0 Å². The molecule has 1 amide bonds. The van der Waals surface area contributed by atoms with Gasteiger partial charge in [-0.3, -0.25) is 9.59 Å². The average Bonchev–Trinajstić information content (AvgIpc) is 2.87. The Bertz CT molecular complexity index is 780. The summed E-state index contributed by atoms with van der Waals surface area (Å²) in [4.78, 5) is 23.3. The highest BCUT2D eigenvalue weighted by Crippen LogP contribution is 2.38. The van der Waals surface area contributed by atoms with Gasteiger partial charge in [-0.15, -0.1) is 0 Å². The van der Waals surface area contributed by atoms with Gasteiger partial charge in [-0.2, -0.15) is 5.10 Å². The van der Waals surface area contributed by atoms with Crippen LogP contribution < -0.4 is 20.3 Å². The van der Waals surface area contributed by atoms with Gasteiger partial charge in [0.25, 0.3) is 11.5 Å². The normalized spacial score (nSPS) is 15.7. The summed E-state index contributed by atoms with van der Waals surface area (Å²) in [5, 5.41) is 8.69. The minimum absolute atomic E-state index is 0.103. The second kappa shape index (κ2) is 6.12. The van der Waals surface area contributed by atoms with Crippen LogP contribution in [-0.4, -0.2) is 28.8 Å². The van der Waals surface area contributed by atoms with Crippen LogP contribution in [-0.2, 0) is 6.42 Å². The van der Waals surface area contributed by atoms with Gasteiger partial charge in [-0.25, -0.2) is 5.10 Å². The van der Waals surface area contributed by atoms with Gasteiger partial charge in [0.1, 0.15) is 23.3 Å². The Hall–Kier alpha value is -2.83. The van der Waals surface area contributed by atoms with Crippen LogP contribution in [0.25, 0.3) is 0 Å². The highest BCUT2D eigenvalue weighted by Gasteiger charge is 2.23. The van der Waals surface area contributed by atoms with Gasteiger partial charge in [-0.05, 0) is 26.0 Å². The maximum absolute atomic E-state index is 12.3. The Kier molecular flexibility index (Phi) is 4.01. The number of rotatable bonds is 4. The molecule has 120 valence electrons. The lowest BCUT2D eigenvalue weighted by Crippen LogP contribution is -2.18. The van der Waals surface area contributed by atoms with Gasteiger partial charge in [-0.1, -0.05) is 0 Å². The molecule has 23 heavy (non-hydrogen) atoms. The summed E-state index contributed by atoms with van der Waals surface area (Å²) in [5.41, 5.74) is 1.32. The van der Waals surface area contributed by atoms with Gasteiger partial charge in [0.05, 0.1) is 12.3 Å². The molecule has 7 nitrogen and oxygen atoms in total. The molecule has 1 atom stereocenters. The van der Waals surface area contributed by atoms with E-state index in [2.05, 4.69) is 15.5 Å². The van der Waals surface area contributed by atoms with E-state index in [1.165, 1.54) is 12.1 Å². The van der Waals surface area contributed by atoms with Crippen molar-refractivity contribution >= 4 is 11.6 Å². The summed E-state index contributed by atoms with van der Waals surface area (Å²) in [7, 11) is 0. The van der Waals surface area contributed by atoms with Crippen molar-refractivity contribution in [3.05, 3.63) is 45.9 Å². The Morgan fingerprint density at radius 1 is 1.48 bits per heavy atom. The van der Waals surface area contributed by atoms with E-state index in [0.29, 0.717) is 18.0 Å². The third kappa shape index (κ3) is 3.18. The van der Waals surface area contributed by atoms with E-state index in [0.717, 1.165) is 17.7 Å². The molecule has 1 aliphatic rings. The first-order valence-corrected chi connectivity index (χ1v) is 7.40. The topological polar surface area (TPSA) is 93.3 Å². The van der Waals surface area contributed by atoms with Crippen molar-refractivity contribution in [1.29, 1.82) is 0 Å². The predicted octanol–water partition coefficient (Wildman–Crippen LogP) is 1.74. The van der Waals surface area contributed by atoms with Crippen molar-refractivity contribution in [1.82, 2.24) is 10.2 Å². The molecule has 0 aliphatic carbocycles. The van der Waals surface area contributed by atoms with Crippen molar-refractivity contribution < 1.29 is 14.3 Å². The van der Waals surface area contributed by atoms with E-state index in [9.17, 15) is 9.59 Å². The standard InChI is InChI=1S/C16H17N3O4/c1-3-22-14-7-10-6-9(2)23-13(10)8-12(14)17-16(21)11-4-5-15(20)19-18-11/h4-5,7-9H,3,6H2,1-2H3,(H,17,21)(H,19,20)/t9-/m1/s1. The number of carbonyl (C=O) groups excluding carboxylic acids is 1. The fourth-order valence-corrected chi connectivity index (χ4v) is 2.47. The molecule has 1 aliphatic heterocycles. The Labute approximate surface area is 132 Å². The fraction of sp³-hybridized carbons (Fsp3) is 0.312. The lowest BCUT2D eigenvalue weighted by molar-refractivity contribution is 0.102. The van der Waals surface area contributed by atoms with Crippen LogP contribution in [0.1, 0.15) is 29.9 Å². The van der Waals surface area contributed by atoms with E-state index in [1.54, 1.807) is 6.07 Å². The summed E-state index contributed by atoms with van der Waals surface area (Å²) in [5.74, 6) is 0.889. The van der Waals surface area contributed by atoms with Crippen molar-refractivity contribution in [3.8, 4) is 11.5 Å². The molecule has 2 N–H and O–H groups in total. The number of ether oxygens (including phenoxy) is 2. The summed E-state index contributed by atoms with van der Waals surface area (Å²) < 4.78 is 11.3.